The second-order valence-electron chi connectivity index (χ2n) is 5.80. The van der Waals surface area contributed by atoms with Gasteiger partial charge in [0, 0.05) is 23.3 Å². The minimum atomic E-state index is -4.91. The van der Waals surface area contributed by atoms with Crippen LogP contribution in [0.15, 0.2) is 45.7 Å². The Kier molecular flexibility index (Phi) is 5.20. The van der Waals surface area contributed by atoms with Crippen LogP contribution in [0.4, 0.5) is 23.2 Å². The number of nitrogens with zero attached hydrogens (tertiary/aromatic N) is 2. The van der Waals surface area contributed by atoms with Gasteiger partial charge in [-0.1, -0.05) is 0 Å². The van der Waals surface area contributed by atoms with Gasteiger partial charge >= 0.3 is 12.1 Å². The molecule has 3 aromatic rings. The van der Waals surface area contributed by atoms with Gasteiger partial charge in [0.25, 0.3) is 0 Å². The van der Waals surface area contributed by atoms with E-state index in [2.05, 4.69) is 26.0 Å². The van der Waals surface area contributed by atoms with E-state index in [1.165, 1.54) is 23.7 Å². The number of rotatable bonds is 4. The summed E-state index contributed by atoms with van der Waals surface area (Å²) in [7, 11) is 1.42. The molecular formula is C17H12BrF4N3O3. The van der Waals surface area contributed by atoms with Crippen molar-refractivity contribution in [1.82, 2.24) is 9.13 Å². The Morgan fingerprint density at radius 2 is 1.86 bits per heavy atom. The van der Waals surface area contributed by atoms with Crippen molar-refractivity contribution in [2.75, 3.05) is 5.32 Å². The number of aromatic nitrogens is 2. The Hall–Kier alpha value is -2.82. The Morgan fingerprint density at radius 1 is 1.21 bits per heavy atom. The molecule has 0 aliphatic rings. The smallest absolute Gasteiger partial charge is 0.406 e. The molecule has 0 saturated carbocycles. The third-order valence-corrected chi connectivity index (χ3v) is 4.43. The topological polar surface area (TPSA) is 65.3 Å². The monoisotopic (exact) mass is 461 g/mol. The summed E-state index contributed by atoms with van der Waals surface area (Å²) in [5.74, 6) is -1.63. The van der Waals surface area contributed by atoms with Gasteiger partial charge in [0.2, 0.25) is 5.91 Å². The van der Waals surface area contributed by atoms with Crippen LogP contribution < -0.4 is 15.7 Å². The molecule has 28 heavy (non-hydrogen) atoms. The van der Waals surface area contributed by atoms with Crippen LogP contribution in [0.1, 0.15) is 0 Å². The highest BCUT2D eigenvalue weighted by molar-refractivity contribution is 9.10. The maximum Gasteiger partial charge on any atom is 0.573 e. The van der Waals surface area contributed by atoms with E-state index in [0.717, 1.165) is 28.8 Å². The largest absolute Gasteiger partial charge is 0.573 e. The molecule has 1 amide bonds. The van der Waals surface area contributed by atoms with Crippen LogP contribution in [0.5, 0.6) is 5.75 Å². The predicted molar refractivity (Wildman–Crippen MR) is 96.6 cm³/mol. The maximum absolute atomic E-state index is 12.9. The van der Waals surface area contributed by atoms with Crippen molar-refractivity contribution in [3.05, 3.63) is 57.2 Å². The zero-order chi connectivity index (χ0) is 20.6. The molecule has 1 N–H and O–H groups in total. The molecule has 0 aliphatic heterocycles. The number of imidazole rings is 1. The van der Waals surface area contributed by atoms with E-state index in [1.54, 1.807) is 0 Å². The SMILES string of the molecule is Cn1c(=O)n(CC(=O)Nc2ccc(F)cc2)c2cc(OC(F)(F)F)cc(Br)c21. The van der Waals surface area contributed by atoms with E-state index in [9.17, 15) is 27.2 Å². The second kappa shape index (κ2) is 7.30. The van der Waals surface area contributed by atoms with E-state index in [0.29, 0.717) is 11.2 Å². The molecule has 0 spiro atoms. The van der Waals surface area contributed by atoms with Gasteiger partial charge in [-0.25, -0.2) is 9.18 Å². The summed E-state index contributed by atoms with van der Waals surface area (Å²) in [6.45, 7) is -0.463. The lowest BCUT2D eigenvalue weighted by Crippen LogP contribution is -2.28. The van der Waals surface area contributed by atoms with Crippen LogP contribution in [-0.2, 0) is 18.4 Å². The zero-order valence-corrected chi connectivity index (χ0v) is 15.8. The van der Waals surface area contributed by atoms with E-state index >= 15 is 0 Å². The Morgan fingerprint density at radius 3 is 2.46 bits per heavy atom. The molecule has 6 nitrogen and oxygen atoms in total. The lowest BCUT2D eigenvalue weighted by Gasteiger charge is -2.11. The number of halogens is 5. The second-order valence-corrected chi connectivity index (χ2v) is 6.66. The van der Waals surface area contributed by atoms with Crippen molar-refractivity contribution in [2.24, 2.45) is 7.05 Å². The van der Waals surface area contributed by atoms with E-state index < -0.39 is 36.1 Å². The number of carbonyl (C=O) groups excluding carboxylic acids is 1. The first kappa shape index (κ1) is 19.9. The number of ether oxygens (including phenoxy) is 1. The van der Waals surface area contributed by atoms with Crippen molar-refractivity contribution >= 4 is 38.6 Å². The molecule has 0 saturated heterocycles. The fraction of sp³-hybridized carbons (Fsp3) is 0.176. The molecule has 0 bridgehead atoms. The molecule has 1 aromatic heterocycles. The number of anilines is 1. The molecule has 3 rings (SSSR count). The number of benzene rings is 2. The van der Waals surface area contributed by atoms with Crippen LogP contribution in [0.25, 0.3) is 11.0 Å². The predicted octanol–water partition coefficient (Wildman–Crippen LogP) is 3.78. The number of carbonyl (C=O) groups is 1. The van der Waals surface area contributed by atoms with Crippen LogP contribution in [0.2, 0.25) is 0 Å². The van der Waals surface area contributed by atoms with Crippen molar-refractivity contribution < 1.29 is 27.1 Å². The van der Waals surface area contributed by atoms with Crippen molar-refractivity contribution in [2.45, 2.75) is 12.9 Å². The van der Waals surface area contributed by atoms with Gasteiger partial charge in [-0.3, -0.25) is 13.9 Å². The lowest BCUT2D eigenvalue weighted by atomic mass is 10.3. The quantitative estimate of drug-likeness (QED) is 0.601. The van der Waals surface area contributed by atoms with Crippen molar-refractivity contribution in [3.8, 4) is 5.75 Å². The fourth-order valence-electron chi connectivity index (χ4n) is 2.70. The van der Waals surface area contributed by atoms with Gasteiger partial charge < -0.3 is 10.1 Å². The molecule has 2 aromatic carbocycles. The molecule has 0 unspecified atom stereocenters. The van der Waals surface area contributed by atoms with Crippen LogP contribution in [0.3, 0.4) is 0 Å². The van der Waals surface area contributed by atoms with Gasteiger partial charge in [0.15, 0.2) is 0 Å². The normalized spacial score (nSPS) is 11.6. The molecule has 0 atom stereocenters. The summed E-state index contributed by atoms with van der Waals surface area (Å²) in [4.78, 5) is 24.8. The van der Waals surface area contributed by atoms with E-state index in [1.807, 2.05) is 0 Å². The standard InChI is InChI=1S/C17H12BrF4N3O3/c1-24-15-12(18)6-11(28-17(20,21)22)7-13(15)25(16(24)27)8-14(26)23-10-4-2-9(19)3-5-10/h2-7H,8H2,1H3,(H,23,26). The number of alkyl halides is 3. The number of aryl methyl sites for hydroxylation is 1. The Labute approximate surface area is 163 Å². The van der Waals surface area contributed by atoms with Crippen LogP contribution in [-0.4, -0.2) is 21.4 Å². The summed E-state index contributed by atoms with van der Waals surface area (Å²) in [6, 6.07) is 7.09. The summed E-state index contributed by atoms with van der Waals surface area (Å²) in [6.07, 6.45) is -4.91. The number of hydrogen-bond acceptors (Lipinski definition) is 3. The summed E-state index contributed by atoms with van der Waals surface area (Å²) in [5, 5.41) is 2.49. The van der Waals surface area contributed by atoms with Gasteiger partial charge in [0.05, 0.1) is 11.0 Å². The van der Waals surface area contributed by atoms with Crippen molar-refractivity contribution in [3.63, 3.8) is 0 Å². The molecule has 11 heteroatoms. The number of hydrogen-bond donors (Lipinski definition) is 1. The molecular weight excluding hydrogens is 450 g/mol. The summed E-state index contributed by atoms with van der Waals surface area (Å²) >= 11 is 3.12. The van der Waals surface area contributed by atoms with Crippen LogP contribution >= 0.6 is 15.9 Å². The average molecular weight is 462 g/mol. The third-order valence-electron chi connectivity index (χ3n) is 3.82. The van der Waals surface area contributed by atoms with Gasteiger partial charge in [-0.15, -0.1) is 13.2 Å². The van der Waals surface area contributed by atoms with Gasteiger partial charge in [-0.2, -0.15) is 0 Å². The average Bonchev–Trinajstić information content (AvgIpc) is 2.80. The number of fused-ring (bicyclic) bond motifs is 1. The molecule has 1 heterocycles. The highest BCUT2D eigenvalue weighted by Gasteiger charge is 2.32. The fourth-order valence-corrected chi connectivity index (χ4v) is 3.40. The van der Waals surface area contributed by atoms with Crippen LogP contribution in [0, 0.1) is 5.82 Å². The maximum atomic E-state index is 12.9. The first-order valence-electron chi connectivity index (χ1n) is 7.75. The molecule has 0 radical (unpaired) electrons. The Balaban J connectivity index is 1.97. The summed E-state index contributed by atoms with van der Waals surface area (Å²) in [5.41, 5.74) is 0.0839. The minimum Gasteiger partial charge on any atom is -0.406 e. The third kappa shape index (κ3) is 4.19. The van der Waals surface area contributed by atoms with Crippen molar-refractivity contribution in [1.29, 1.82) is 0 Å². The lowest BCUT2D eigenvalue weighted by molar-refractivity contribution is -0.274. The highest BCUT2D eigenvalue weighted by Crippen LogP contribution is 2.32. The highest BCUT2D eigenvalue weighted by atomic mass is 79.9. The first-order valence-corrected chi connectivity index (χ1v) is 8.54. The number of amides is 1. The Bertz CT molecular complexity index is 1100. The molecule has 148 valence electrons. The first-order chi connectivity index (χ1) is 13.0. The minimum absolute atomic E-state index is 0.0791. The van der Waals surface area contributed by atoms with Gasteiger partial charge in [-0.05, 0) is 46.3 Å². The van der Waals surface area contributed by atoms with Gasteiger partial charge in [0.1, 0.15) is 18.1 Å². The van der Waals surface area contributed by atoms with E-state index in [4.69, 9.17) is 0 Å². The number of nitrogens with one attached hydrogen (secondary N) is 1. The zero-order valence-electron chi connectivity index (χ0n) is 14.2. The molecule has 0 aliphatic carbocycles. The van der Waals surface area contributed by atoms with E-state index in [-0.39, 0.29) is 9.99 Å². The summed E-state index contributed by atoms with van der Waals surface area (Å²) < 4.78 is 56.9. The molecule has 0 fully saturated rings.